The van der Waals surface area contributed by atoms with Gasteiger partial charge in [-0.2, -0.15) is 0 Å². The Bertz CT molecular complexity index is 1040. The van der Waals surface area contributed by atoms with Crippen LogP contribution in [0.4, 0.5) is 57.1 Å². The second-order valence-electron chi connectivity index (χ2n) is 7.21. The van der Waals surface area contributed by atoms with Gasteiger partial charge in [0.05, 0.1) is 0 Å². The van der Waals surface area contributed by atoms with Crippen LogP contribution in [0.3, 0.4) is 0 Å². The summed E-state index contributed by atoms with van der Waals surface area (Å²) >= 11 is -2.09. The fraction of sp³-hybridized carbons (Fsp3) is 0.333. The summed E-state index contributed by atoms with van der Waals surface area (Å²) in [6.07, 6.45) is -8.21. The van der Waals surface area contributed by atoms with E-state index < -0.39 is 66.4 Å². The van der Waals surface area contributed by atoms with Crippen LogP contribution in [-0.2, 0) is 0 Å². The Morgan fingerprint density at radius 1 is 0.600 bits per heavy atom. The third-order valence-corrected chi connectivity index (χ3v) is 7.66. The number of alkyl halides is 13. The predicted octanol–water partition coefficient (Wildman–Crippen LogP) is 7.10. The maximum absolute atomic E-state index is 14.5. The quantitative estimate of drug-likeness (QED) is 0.214. The van der Waals surface area contributed by atoms with Crippen molar-refractivity contribution >= 4 is 28.2 Å². The van der Waals surface area contributed by atoms with Crippen LogP contribution in [0.2, 0.25) is 0 Å². The van der Waals surface area contributed by atoms with E-state index >= 15 is 0 Å². The molecule has 0 aliphatic heterocycles. The van der Waals surface area contributed by atoms with Gasteiger partial charge >= 0.3 is 200 Å². The van der Waals surface area contributed by atoms with E-state index in [-0.39, 0.29) is 5.56 Å². The van der Waals surface area contributed by atoms with Gasteiger partial charge in [0.25, 0.3) is 0 Å². The first-order valence-electron chi connectivity index (χ1n) is 9.17. The van der Waals surface area contributed by atoms with Gasteiger partial charge in [0.15, 0.2) is 0 Å². The summed E-state index contributed by atoms with van der Waals surface area (Å²) in [6, 6.07) is 12.1. The molecule has 0 aromatic heterocycles. The monoisotopic (exact) mass is 642 g/mol. The Kier molecular flexibility index (Phi) is 7.95. The van der Waals surface area contributed by atoms with Crippen LogP contribution in [0.5, 0.6) is 0 Å². The number of benzene rings is 2. The molecule has 194 valence electrons. The summed E-state index contributed by atoms with van der Waals surface area (Å²) in [6.45, 7) is 1.56. The van der Waals surface area contributed by atoms with Crippen molar-refractivity contribution in [3.63, 3.8) is 0 Å². The van der Waals surface area contributed by atoms with Crippen LogP contribution in [0, 0.1) is 6.92 Å². The van der Waals surface area contributed by atoms with Gasteiger partial charge < -0.3 is 0 Å². The van der Waals surface area contributed by atoms with E-state index in [9.17, 15) is 57.1 Å². The van der Waals surface area contributed by atoms with Gasteiger partial charge in [0.2, 0.25) is 0 Å². The first-order chi connectivity index (χ1) is 15.7. The Morgan fingerprint density at radius 3 is 1.51 bits per heavy atom. The molecular formula is C21H13F13Te. The second kappa shape index (κ2) is 9.50. The van der Waals surface area contributed by atoms with Crippen molar-refractivity contribution in [1.29, 1.82) is 0 Å². The molecule has 0 bridgehead atoms. The molecule has 0 nitrogen and oxygen atoms in total. The average Bonchev–Trinajstić information content (AvgIpc) is 2.73. The van der Waals surface area contributed by atoms with Crippen molar-refractivity contribution < 1.29 is 57.1 Å². The third kappa shape index (κ3) is 5.28. The van der Waals surface area contributed by atoms with E-state index in [4.69, 9.17) is 0 Å². The molecule has 0 saturated carbocycles. The van der Waals surface area contributed by atoms with Crippen molar-refractivity contribution in [2.45, 2.75) is 42.7 Å². The molecule has 0 fully saturated rings. The Morgan fingerprint density at radius 2 is 1.06 bits per heavy atom. The zero-order chi connectivity index (χ0) is 27.1. The van der Waals surface area contributed by atoms with Gasteiger partial charge in [-0.3, -0.25) is 0 Å². The number of hydrogen-bond donors (Lipinski definition) is 0. The van der Waals surface area contributed by atoms with Crippen LogP contribution in [0.1, 0.15) is 11.1 Å². The van der Waals surface area contributed by atoms with Gasteiger partial charge in [0, 0.05) is 0 Å². The molecule has 14 heteroatoms. The normalized spacial score (nSPS) is 14.9. The van der Waals surface area contributed by atoms with Gasteiger partial charge in [-0.05, 0) is 0 Å². The van der Waals surface area contributed by atoms with Gasteiger partial charge in [-0.25, -0.2) is 0 Å². The van der Waals surface area contributed by atoms with Gasteiger partial charge in [-0.15, -0.1) is 0 Å². The molecule has 35 heavy (non-hydrogen) atoms. The minimum absolute atomic E-state index is 0.187. The Labute approximate surface area is 199 Å². The molecule has 0 unspecified atom stereocenters. The van der Waals surface area contributed by atoms with Crippen LogP contribution in [0.25, 0.3) is 3.62 Å². The molecule has 0 saturated heterocycles. The summed E-state index contributed by atoms with van der Waals surface area (Å²) in [5.41, 5.74) is 0.388. The Balaban J connectivity index is 2.65. The summed E-state index contributed by atoms with van der Waals surface area (Å²) < 4.78 is 174. The molecule has 2 rings (SSSR count). The number of allylic oxidation sites excluding steroid dienone is 1. The summed E-state index contributed by atoms with van der Waals surface area (Å²) in [5, 5.41) is 0. The van der Waals surface area contributed by atoms with E-state index in [0.717, 1.165) is 12.1 Å². The average molecular weight is 640 g/mol. The zero-order valence-electron chi connectivity index (χ0n) is 17.1. The van der Waals surface area contributed by atoms with Crippen molar-refractivity contribution in [3.05, 3.63) is 71.8 Å². The van der Waals surface area contributed by atoms with E-state index in [1.807, 2.05) is 0 Å². The molecule has 0 radical (unpaired) electrons. The molecule has 0 heterocycles. The van der Waals surface area contributed by atoms with Crippen LogP contribution in [0.15, 0.2) is 60.7 Å². The SMILES string of the molecule is Cc1ccc(/C(=C\C(F)(F)C(F)(F)C(F)(F)C(F)(F)C(F)(F)C(F)(F)F)[Te]c2ccccc2)cc1. The number of rotatable bonds is 8. The number of hydrogen-bond acceptors (Lipinski definition) is 0. The molecular weight excluding hydrogens is 627 g/mol. The molecule has 0 atom stereocenters. The Hall–Kier alpha value is -1.94. The van der Waals surface area contributed by atoms with Crippen molar-refractivity contribution in [2.75, 3.05) is 0 Å². The van der Waals surface area contributed by atoms with E-state index in [2.05, 4.69) is 0 Å². The first kappa shape index (κ1) is 29.3. The van der Waals surface area contributed by atoms with Crippen LogP contribution in [-0.4, -0.2) is 56.7 Å². The van der Waals surface area contributed by atoms with Gasteiger partial charge in [-0.1, -0.05) is 0 Å². The summed E-state index contributed by atoms with van der Waals surface area (Å²) in [4.78, 5) is 0. The first-order valence-corrected chi connectivity index (χ1v) is 11.5. The maximum atomic E-state index is 14.5. The van der Waals surface area contributed by atoms with E-state index in [0.29, 0.717) is 9.17 Å². The van der Waals surface area contributed by atoms with E-state index in [1.165, 1.54) is 42.5 Å². The van der Waals surface area contributed by atoms with Gasteiger partial charge in [0.1, 0.15) is 0 Å². The molecule has 0 aliphatic carbocycles. The molecule has 2 aromatic rings. The summed E-state index contributed by atoms with van der Waals surface area (Å²) in [7, 11) is 0. The number of aryl methyl sites for hydroxylation is 1. The summed E-state index contributed by atoms with van der Waals surface area (Å²) in [5.74, 6) is -37.1. The number of halogens is 13. The second-order valence-corrected chi connectivity index (χ2v) is 10.4. The fourth-order valence-electron chi connectivity index (χ4n) is 2.54. The van der Waals surface area contributed by atoms with Crippen LogP contribution < -0.4 is 3.61 Å². The third-order valence-electron chi connectivity index (χ3n) is 4.58. The molecule has 0 spiro atoms. The van der Waals surface area contributed by atoms with E-state index in [1.54, 1.807) is 6.92 Å². The zero-order valence-corrected chi connectivity index (χ0v) is 19.4. The molecule has 0 N–H and O–H groups in total. The molecule has 0 aliphatic rings. The fourth-order valence-corrected chi connectivity index (χ4v) is 5.42. The van der Waals surface area contributed by atoms with Crippen molar-refractivity contribution in [3.8, 4) is 0 Å². The topological polar surface area (TPSA) is 0 Å². The minimum atomic E-state index is -7.92. The van der Waals surface area contributed by atoms with Crippen LogP contribution >= 0.6 is 0 Å². The van der Waals surface area contributed by atoms with Crippen molar-refractivity contribution in [2.24, 2.45) is 0 Å². The van der Waals surface area contributed by atoms with Crippen molar-refractivity contribution in [1.82, 2.24) is 0 Å². The molecule has 0 amide bonds. The predicted molar refractivity (Wildman–Crippen MR) is 102 cm³/mol. The molecule has 2 aromatic carbocycles. The standard InChI is InChI=1S/C21H13F13Te/c1-12-7-9-13(10-8-12)15(35-14-5-3-2-4-6-14)11-16(22,23)17(24,25)18(26,27)19(28,29)20(30,31)21(32,33)34/h2-11H,1H3/b15-11+.